The summed E-state index contributed by atoms with van der Waals surface area (Å²) in [7, 11) is 3.87. The zero-order valence-corrected chi connectivity index (χ0v) is 65.3. The zero-order valence-electron chi connectivity index (χ0n) is 62.4. The first-order chi connectivity index (χ1) is 53.8. The Kier molecular flexibility index (Phi) is 27.6. The van der Waals surface area contributed by atoms with E-state index < -0.39 is 46.9 Å². The molecule has 12 aromatic rings. The Balaban J connectivity index is 0.000000154. The van der Waals surface area contributed by atoms with Crippen LogP contribution in [0.3, 0.4) is 0 Å². The van der Waals surface area contributed by atoms with Crippen LogP contribution in [0.25, 0.3) is 73.0 Å². The molecular formula is C84H89N12O15W-. The zero-order chi connectivity index (χ0) is 78.1. The number of nitrogens with zero attached hydrogens (tertiary/aromatic N) is 7. The summed E-state index contributed by atoms with van der Waals surface area (Å²) in [5.74, 6) is -0.646. The molecule has 0 saturated heterocycles. The number of fused-ring (bicyclic) bond motifs is 3. The number of amides is 2. The van der Waals surface area contributed by atoms with Gasteiger partial charge >= 0.3 is 23.9 Å². The van der Waals surface area contributed by atoms with Crippen molar-refractivity contribution >= 4 is 85.9 Å². The second-order valence-corrected chi connectivity index (χ2v) is 27.9. The second kappa shape index (κ2) is 38.1. The van der Waals surface area contributed by atoms with Gasteiger partial charge in [0.25, 0.3) is 17.5 Å². The van der Waals surface area contributed by atoms with Gasteiger partial charge in [0, 0.05) is 81.0 Å². The minimum Gasteiger partial charge on any atom is -0.699 e. The fourth-order valence-corrected chi connectivity index (χ4v) is 14.8. The summed E-state index contributed by atoms with van der Waals surface area (Å²) in [4.78, 5) is 97.9. The van der Waals surface area contributed by atoms with E-state index in [2.05, 4.69) is 29.1 Å². The van der Waals surface area contributed by atoms with Crippen LogP contribution in [0.1, 0.15) is 162 Å². The van der Waals surface area contributed by atoms with Gasteiger partial charge in [-0.3, -0.25) is 24.5 Å². The number of hydrogen-bond donors (Lipinski definition) is 5. The smallest absolute Gasteiger partial charge is 0.335 e. The Morgan fingerprint density at radius 2 is 0.839 bits per heavy atom. The van der Waals surface area contributed by atoms with Crippen LogP contribution in [-0.4, -0.2) is 114 Å². The molecule has 0 radical (unpaired) electrons. The number of aromatic carboxylic acids is 1. The number of furan rings is 3. The molecule has 8 N–H and O–H groups in total. The number of benzene rings is 6. The summed E-state index contributed by atoms with van der Waals surface area (Å²) in [5, 5.41) is 25.2. The summed E-state index contributed by atoms with van der Waals surface area (Å²) in [6, 6.07) is 40.5. The van der Waals surface area contributed by atoms with Crippen molar-refractivity contribution in [1.29, 1.82) is 0 Å². The fourth-order valence-electron chi connectivity index (χ4n) is 14.8. The third kappa shape index (κ3) is 19.8. The minimum atomic E-state index is -0.927. The van der Waals surface area contributed by atoms with E-state index in [1.54, 1.807) is 123 Å². The van der Waals surface area contributed by atoms with Gasteiger partial charge in [-0.15, -0.1) is 5.69 Å². The first-order valence-corrected chi connectivity index (χ1v) is 37.2. The number of imidazole rings is 3. The monoisotopic (exact) mass is 1690 g/mol. The maximum absolute atomic E-state index is 13.2. The number of nitrogen functional groups attached to an aromatic ring is 1. The van der Waals surface area contributed by atoms with Crippen molar-refractivity contribution in [2.45, 2.75) is 152 Å². The second-order valence-electron chi connectivity index (χ2n) is 27.9. The van der Waals surface area contributed by atoms with E-state index in [0.717, 1.165) is 122 Å². The van der Waals surface area contributed by atoms with Crippen LogP contribution in [0.5, 0.6) is 0 Å². The average molecular weight is 1690 g/mol. The molecule has 3 aliphatic carbocycles. The SMILES string of the molecule is COC(=O)[C@@H](N)Cc1ccc([N+](=O)[O-])cc1.COC(=O)[C@H](Cc1ccc(N)cc1)NC(=O)c1ccc2c(c1)nc(-c1ccoc1)n2C1CCCCC1.COC(=O)[C@H](Cc1ccc([NH-])cc1)NC(=O)c1ccc2c(c1)nc(-c1ccoc1)n2C1CCCCC1.O=C(O)c1ccc2c(c1)nc(-c1ccoc1)n2C1CCCCC1.[W]. The molecule has 0 spiro atoms. The molecular weight excluding hydrogens is 1600 g/mol. The Labute approximate surface area is 660 Å². The van der Waals surface area contributed by atoms with E-state index in [0.29, 0.717) is 53.5 Å². The number of ether oxygens (including phenoxy) is 3. The molecule has 582 valence electrons. The number of anilines is 1. The number of nitro benzene ring substituents is 1. The number of carbonyl (C=O) groups excluding carboxylic acids is 5. The van der Waals surface area contributed by atoms with Crippen molar-refractivity contribution < 1.29 is 87.3 Å². The number of carbonyl (C=O) groups is 6. The summed E-state index contributed by atoms with van der Waals surface area (Å²) in [6.07, 6.45) is 28.6. The fraction of sp³-hybridized carbons (Fsp3) is 0.321. The number of nitrogens with two attached hydrogens (primary N) is 2. The Hall–Kier alpha value is -12.0. The molecule has 0 bridgehead atoms. The van der Waals surface area contributed by atoms with E-state index in [-0.39, 0.29) is 50.6 Å². The van der Waals surface area contributed by atoms with Crippen LogP contribution in [0.4, 0.5) is 17.1 Å². The third-order valence-electron chi connectivity index (χ3n) is 20.5. The molecule has 6 aromatic heterocycles. The molecule has 3 aliphatic rings. The predicted molar refractivity (Wildman–Crippen MR) is 418 cm³/mol. The van der Waals surface area contributed by atoms with Crippen molar-refractivity contribution in [3.05, 3.63) is 232 Å². The number of hydrogen-bond acceptors (Lipinski definition) is 19. The first kappa shape index (κ1) is 81.0. The van der Waals surface area contributed by atoms with Crippen molar-refractivity contribution in [3.63, 3.8) is 0 Å². The predicted octanol–water partition coefficient (Wildman–Crippen LogP) is 16.0. The van der Waals surface area contributed by atoms with E-state index in [9.17, 15) is 44.0 Å². The molecule has 3 saturated carbocycles. The molecule has 27 nitrogen and oxygen atoms in total. The average Bonchev–Trinajstić information content (AvgIpc) is 1.63. The molecule has 3 atom stereocenters. The molecule has 15 rings (SSSR count). The van der Waals surface area contributed by atoms with Crippen LogP contribution >= 0.6 is 0 Å². The van der Waals surface area contributed by atoms with Crippen molar-refractivity contribution in [2.24, 2.45) is 5.73 Å². The topological polar surface area (TPSA) is 386 Å². The van der Waals surface area contributed by atoms with Gasteiger partial charge in [-0.1, -0.05) is 106 Å². The molecule has 6 heterocycles. The van der Waals surface area contributed by atoms with Crippen molar-refractivity contribution in [2.75, 3.05) is 27.1 Å². The number of carboxylic acid groups (broad SMARTS) is 1. The van der Waals surface area contributed by atoms with E-state index >= 15 is 0 Å². The first-order valence-electron chi connectivity index (χ1n) is 37.2. The van der Waals surface area contributed by atoms with Gasteiger partial charge in [0.1, 0.15) is 54.4 Å². The number of aromatic nitrogens is 6. The summed E-state index contributed by atoms with van der Waals surface area (Å²) in [6.45, 7) is 0. The van der Waals surface area contributed by atoms with Gasteiger partial charge < -0.3 is 74.1 Å². The minimum absolute atomic E-state index is 0. The summed E-state index contributed by atoms with van der Waals surface area (Å²) >= 11 is 0. The largest absolute Gasteiger partial charge is 0.699 e. The van der Waals surface area contributed by atoms with E-state index in [1.807, 2.05) is 48.5 Å². The normalized spacial score (nSPS) is 14.6. The number of rotatable bonds is 21. The van der Waals surface area contributed by atoms with Crippen molar-refractivity contribution in [1.82, 2.24) is 39.3 Å². The molecule has 0 aliphatic heterocycles. The number of methoxy groups -OCH3 is 3. The summed E-state index contributed by atoms with van der Waals surface area (Å²) < 4.78 is 37.1. The van der Waals surface area contributed by atoms with Crippen LogP contribution in [0.15, 0.2) is 196 Å². The van der Waals surface area contributed by atoms with Gasteiger partial charge in [-0.2, -0.15) is 0 Å². The van der Waals surface area contributed by atoms with E-state index in [1.165, 1.54) is 91.2 Å². The third-order valence-corrected chi connectivity index (χ3v) is 20.5. The quantitative estimate of drug-likeness (QED) is 0.0147. The van der Waals surface area contributed by atoms with Crippen LogP contribution in [0.2, 0.25) is 0 Å². The molecule has 0 unspecified atom stereocenters. The number of nitrogens with one attached hydrogen (secondary N) is 3. The molecule has 2 amide bonds. The van der Waals surface area contributed by atoms with Crippen LogP contribution in [0, 0.1) is 10.1 Å². The van der Waals surface area contributed by atoms with Gasteiger partial charge in [-0.25, -0.2) is 29.3 Å². The molecule has 28 heteroatoms. The molecule has 3 fully saturated rings. The number of non-ortho nitro benzene ring substituents is 1. The van der Waals surface area contributed by atoms with Gasteiger partial charge in [0.05, 0.1) is 100 Å². The number of carboxylic acids is 1. The Bertz CT molecular complexity index is 4960. The summed E-state index contributed by atoms with van der Waals surface area (Å²) in [5.41, 5.74) is 31.5. The molecule has 112 heavy (non-hydrogen) atoms. The van der Waals surface area contributed by atoms with Crippen molar-refractivity contribution in [3.8, 4) is 34.2 Å². The number of esters is 3. The Morgan fingerprint density at radius 1 is 0.500 bits per heavy atom. The Morgan fingerprint density at radius 3 is 1.18 bits per heavy atom. The molecule has 6 aromatic carbocycles. The maximum Gasteiger partial charge on any atom is 0.335 e. The maximum atomic E-state index is 13.2. The van der Waals surface area contributed by atoms with E-state index in [4.69, 9.17) is 54.9 Å². The van der Waals surface area contributed by atoms with Gasteiger partial charge in [0.15, 0.2) is 0 Å². The number of nitro groups is 1. The van der Waals surface area contributed by atoms with Gasteiger partial charge in [0.2, 0.25) is 0 Å². The standard InChI is InChI=1S/C28H30N4O4.C28H29N4O4.C18H18N2O3.C10H12N2O4.W/c2*1-35-28(34)24(15-18-7-10-21(29)11-8-18)31-27(33)19-9-12-25-23(16-19)30-26(20-13-14-36-17-20)32(25)22-5-3-2-4-6-22;21-18(22)12-6-7-16-15(10-12)19-17(13-8-9-23-11-13)20(16)14-4-2-1-3-5-14;1-16-10(13)9(11)6-7-2-4-8(5-3-7)12(14)15;/h7-14,16-17,22,24H,2-6,15,29H2,1H3,(H,31,33);7-14,16-17,22,24,29H,2-6,15H2,1H3,(H,31,33);6-11,14H,1-5H2,(H,21,22);2-5,9H,6,11H2,1H3;/q;-1;;;/t2*24-;;9-;/m00.0./s1. The van der Waals surface area contributed by atoms with Gasteiger partial charge in [-0.05, 0) is 147 Å². The van der Waals surface area contributed by atoms with Crippen LogP contribution < -0.4 is 22.1 Å². The van der Waals surface area contributed by atoms with Crippen LogP contribution in [-0.2, 0) is 68.9 Å².